The first-order chi connectivity index (χ1) is 15.0. The number of halogens is 1. The fraction of sp³-hybridized carbons (Fsp3) is 0.500. The molecule has 1 aliphatic heterocycles. The van der Waals surface area contributed by atoms with Crippen LogP contribution >= 0.6 is 24.0 Å². The second-order valence-corrected chi connectivity index (χ2v) is 8.38. The number of hydrogen-bond donors (Lipinski definition) is 2. The first kappa shape index (κ1) is 26.2. The molecule has 7 nitrogen and oxygen atoms in total. The quantitative estimate of drug-likeness (QED) is 0.299. The van der Waals surface area contributed by atoms with Crippen molar-refractivity contribution in [3.05, 3.63) is 60.1 Å². The Morgan fingerprint density at radius 2 is 2.00 bits per heavy atom. The third kappa shape index (κ3) is 8.46. The molecule has 2 N–H and O–H groups in total. The van der Waals surface area contributed by atoms with Crippen LogP contribution in [-0.4, -0.2) is 67.5 Å². The summed E-state index contributed by atoms with van der Waals surface area (Å²) < 4.78 is 5.40. The van der Waals surface area contributed by atoms with Crippen LogP contribution in [0.4, 0.5) is 0 Å². The monoisotopic (exact) mass is 553 g/mol. The van der Waals surface area contributed by atoms with Crippen molar-refractivity contribution in [2.24, 2.45) is 4.99 Å². The highest BCUT2D eigenvalue weighted by molar-refractivity contribution is 14.0. The van der Waals surface area contributed by atoms with Crippen molar-refractivity contribution in [3.8, 4) is 0 Å². The first-order valence-electron chi connectivity index (χ1n) is 11.1. The number of benzene rings is 1. The van der Waals surface area contributed by atoms with Gasteiger partial charge in [-0.2, -0.15) is 0 Å². The van der Waals surface area contributed by atoms with Crippen LogP contribution in [0.15, 0.2) is 58.1 Å². The lowest BCUT2D eigenvalue weighted by Crippen LogP contribution is -2.51. The molecule has 0 aliphatic carbocycles. The van der Waals surface area contributed by atoms with Gasteiger partial charge in [-0.25, -0.2) is 4.99 Å². The molecular weight excluding hydrogens is 517 g/mol. The van der Waals surface area contributed by atoms with Gasteiger partial charge in [0.2, 0.25) is 5.91 Å². The maximum absolute atomic E-state index is 12.0. The van der Waals surface area contributed by atoms with Crippen molar-refractivity contribution >= 4 is 35.8 Å². The molecule has 0 bridgehead atoms. The Labute approximate surface area is 208 Å². The lowest BCUT2D eigenvalue weighted by Gasteiger charge is -2.38. The molecule has 2 heterocycles. The average molecular weight is 553 g/mol. The highest BCUT2D eigenvalue weighted by Crippen LogP contribution is 2.20. The summed E-state index contributed by atoms with van der Waals surface area (Å²) >= 11 is 0. The van der Waals surface area contributed by atoms with Crippen LogP contribution < -0.4 is 10.6 Å². The number of likely N-dealkylation sites (tertiary alicyclic amines) is 1. The number of nitrogens with one attached hydrogen (secondary N) is 2. The average Bonchev–Trinajstić information content (AvgIpc) is 3.27. The standard InChI is InChI=1S/C24H35N5O2.HI/c1-19-16-21(12-14-29(19)18-20-8-5-4-6-9-20)27-24(26-17-23(30)28(2)3)25-13-11-22-10-7-15-31-22;/h4-10,15,19,21H,11-14,16-18H2,1-3H3,(H2,25,26,27);1H. The number of amides is 1. The summed E-state index contributed by atoms with van der Waals surface area (Å²) in [5, 5.41) is 6.92. The lowest BCUT2D eigenvalue weighted by molar-refractivity contribution is -0.127. The maximum atomic E-state index is 12.0. The molecule has 0 radical (unpaired) electrons. The largest absolute Gasteiger partial charge is 0.469 e. The molecule has 0 spiro atoms. The van der Waals surface area contributed by atoms with Gasteiger partial charge in [-0.1, -0.05) is 30.3 Å². The molecule has 1 amide bonds. The summed E-state index contributed by atoms with van der Waals surface area (Å²) in [5.41, 5.74) is 1.35. The number of nitrogens with zero attached hydrogens (tertiary/aromatic N) is 3. The van der Waals surface area contributed by atoms with E-state index in [1.807, 2.05) is 12.1 Å². The molecular formula is C24H36IN5O2. The zero-order valence-electron chi connectivity index (χ0n) is 19.3. The molecule has 1 aromatic carbocycles. The van der Waals surface area contributed by atoms with Crippen molar-refractivity contribution in [1.29, 1.82) is 0 Å². The predicted octanol–water partition coefficient (Wildman–Crippen LogP) is 3.12. The minimum absolute atomic E-state index is 0. The van der Waals surface area contributed by atoms with Gasteiger partial charge in [-0.3, -0.25) is 9.69 Å². The van der Waals surface area contributed by atoms with Crippen molar-refractivity contribution in [2.75, 3.05) is 33.7 Å². The van der Waals surface area contributed by atoms with Gasteiger partial charge in [0, 0.05) is 52.2 Å². The van der Waals surface area contributed by atoms with Gasteiger partial charge in [0.25, 0.3) is 0 Å². The Kier molecular flexibility index (Phi) is 11.0. The highest BCUT2D eigenvalue weighted by atomic mass is 127. The molecule has 1 aromatic heterocycles. The van der Waals surface area contributed by atoms with Crippen LogP contribution in [0.3, 0.4) is 0 Å². The van der Waals surface area contributed by atoms with Gasteiger partial charge < -0.3 is 20.0 Å². The van der Waals surface area contributed by atoms with Crippen LogP contribution in [0.1, 0.15) is 31.1 Å². The van der Waals surface area contributed by atoms with Crippen molar-refractivity contribution in [2.45, 2.75) is 44.8 Å². The van der Waals surface area contributed by atoms with Crippen molar-refractivity contribution < 1.29 is 9.21 Å². The molecule has 2 atom stereocenters. The van der Waals surface area contributed by atoms with E-state index in [-0.39, 0.29) is 36.4 Å². The zero-order valence-corrected chi connectivity index (χ0v) is 21.6. The summed E-state index contributed by atoms with van der Waals surface area (Å²) in [6.45, 7) is 5.12. The van der Waals surface area contributed by atoms with Crippen LogP contribution in [-0.2, 0) is 17.8 Å². The summed E-state index contributed by atoms with van der Waals surface area (Å²) in [6, 6.07) is 15.3. The van der Waals surface area contributed by atoms with E-state index in [1.165, 1.54) is 5.56 Å². The summed E-state index contributed by atoms with van der Waals surface area (Å²) in [7, 11) is 3.50. The van der Waals surface area contributed by atoms with Crippen LogP contribution in [0.5, 0.6) is 0 Å². The van der Waals surface area contributed by atoms with E-state index >= 15 is 0 Å². The fourth-order valence-electron chi connectivity index (χ4n) is 3.80. The molecule has 3 rings (SSSR count). The number of likely N-dealkylation sites (N-methyl/N-ethyl adjacent to an activating group) is 1. The molecule has 1 aliphatic rings. The molecule has 0 saturated carbocycles. The maximum Gasteiger partial charge on any atom is 0.243 e. The molecule has 8 heteroatoms. The Balaban J connectivity index is 0.00000363. The third-order valence-corrected chi connectivity index (χ3v) is 5.70. The number of rotatable bonds is 8. The van der Waals surface area contributed by atoms with Gasteiger partial charge in [0.1, 0.15) is 12.3 Å². The number of carbonyl (C=O) groups excluding carboxylic acids is 1. The van der Waals surface area contributed by atoms with Gasteiger partial charge in [-0.15, -0.1) is 24.0 Å². The Bertz CT molecular complexity index is 826. The summed E-state index contributed by atoms with van der Waals surface area (Å²) in [5.74, 6) is 1.60. The number of aliphatic imine (C=N–C) groups is 1. The van der Waals surface area contributed by atoms with Crippen molar-refractivity contribution in [1.82, 2.24) is 20.4 Å². The topological polar surface area (TPSA) is 73.1 Å². The highest BCUT2D eigenvalue weighted by Gasteiger charge is 2.26. The van der Waals surface area contributed by atoms with Gasteiger partial charge >= 0.3 is 0 Å². The minimum Gasteiger partial charge on any atom is -0.469 e. The van der Waals surface area contributed by atoms with E-state index in [0.717, 1.165) is 38.1 Å². The number of hydrogen-bond acceptors (Lipinski definition) is 4. The summed E-state index contributed by atoms with van der Waals surface area (Å²) in [4.78, 5) is 20.6. The number of furan rings is 1. The number of guanidine groups is 1. The van der Waals surface area contributed by atoms with Gasteiger partial charge in [0.15, 0.2) is 5.96 Å². The third-order valence-electron chi connectivity index (χ3n) is 5.70. The van der Waals surface area contributed by atoms with E-state index < -0.39 is 0 Å². The van der Waals surface area contributed by atoms with Gasteiger partial charge in [-0.05, 0) is 37.5 Å². The summed E-state index contributed by atoms with van der Waals surface area (Å²) in [6.07, 6.45) is 4.52. The number of carbonyl (C=O) groups is 1. The number of piperidine rings is 1. The normalized spacial score (nSPS) is 19.2. The SMILES string of the molecule is CC1CC(NC(=NCC(=O)N(C)C)NCCc2ccco2)CCN1Cc1ccccc1.I. The molecule has 2 aromatic rings. The Morgan fingerprint density at radius 3 is 2.66 bits per heavy atom. The Morgan fingerprint density at radius 1 is 1.22 bits per heavy atom. The van der Waals surface area contributed by atoms with Gasteiger partial charge in [0.05, 0.1) is 6.26 Å². The molecule has 32 heavy (non-hydrogen) atoms. The van der Waals surface area contributed by atoms with Crippen LogP contribution in [0.25, 0.3) is 0 Å². The van der Waals surface area contributed by atoms with E-state index in [1.54, 1.807) is 25.3 Å². The van der Waals surface area contributed by atoms with E-state index in [2.05, 4.69) is 57.8 Å². The van der Waals surface area contributed by atoms with Crippen molar-refractivity contribution in [3.63, 3.8) is 0 Å². The van der Waals surface area contributed by atoms with E-state index in [9.17, 15) is 4.79 Å². The smallest absolute Gasteiger partial charge is 0.243 e. The molecule has 1 fully saturated rings. The van der Waals surface area contributed by atoms with E-state index in [4.69, 9.17) is 4.42 Å². The molecule has 1 saturated heterocycles. The van der Waals surface area contributed by atoms with E-state index in [0.29, 0.717) is 24.6 Å². The molecule has 2 unspecified atom stereocenters. The molecule has 176 valence electrons. The Hall–Kier alpha value is -2.07. The van der Waals surface area contributed by atoms with Crippen LogP contribution in [0, 0.1) is 0 Å². The first-order valence-corrected chi connectivity index (χ1v) is 11.1. The predicted molar refractivity (Wildman–Crippen MR) is 139 cm³/mol. The second-order valence-electron chi connectivity index (χ2n) is 8.38. The fourth-order valence-corrected chi connectivity index (χ4v) is 3.80. The lowest BCUT2D eigenvalue weighted by atomic mass is 9.97. The minimum atomic E-state index is -0.0156. The zero-order chi connectivity index (χ0) is 22.1. The second kappa shape index (κ2) is 13.5. The van der Waals surface area contributed by atoms with Crippen LogP contribution in [0.2, 0.25) is 0 Å².